The van der Waals surface area contributed by atoms with Crippen molar-refractivity contribution in [3.05, 3.63) is 47.8 Å². The zero-order valence-electron chi connectivity index (χ0n) is 13.6. The number of benzene rings is 1. The molecule has 1 aromatic heterocycles. The average molecular weight is 340 g/mol. The maximum Gasteiger partial charge on any atom is 0.435 e. The molecule has 0 fully saturated rings. The number of hydrogen-bond acceptors (Lipinski definition) is 3. The molecule has 0 aliphatic heterocycles. The standard InChI is InChI=1S/C16H19F3N4O/c1-11(22(2)12-7-5-4-6-8-12)10-20-15(24)13-9-14(16(17,18)19)21-23(13)3/h4-9,11H,10H2,1-3H3,(H,20,24)/t11-/m1/s1. The number of carbonyl (C=O) groups excluding carboxylic acids is 1. The number of aryl methyl sites for hydroxylation is 1. The maximum absolute atomic E-state index is 12.6. The van der Waals surface area contributed by atoms with Crippen molar-refractivity contribution in [1.82, 2.24) is 15.1 Å². The van der Waals surface area contributed by atoms with E-state index in [0.29, 0.717) is 0 Å². The van der Waals surface area contributed by atoms with E-state index in [4.69, 9.17) is 0 Å². The number of para-hydroxylation sites is 1. The van der Waals surface area contributed by atoms with Gasteiger partial charge in [-0.1, -0.05) is 18.2 Å². The fraction of sp³-hybridized carbons (Fsp3) is 0.375. The Labute approximate surface area is 138 Å². The Morgan fingerprint density at radius 2 is 1.96 bits per heavy atom. The third kappa shape index (κ3) is 4.06. The lowest BCUT2D eigenvalue weighted by Gasteiger charge is -2.27. The van der Waals surface area contributed by atoms with E-state index in [-0.39, 0.29) is 18.3 Å². The summed E-state index contributed by atoms with van der Waals surface area (Å²) in [6.45, 7) is 2.20. The molecule has 0 radical (unpaired) electrons. The van der Waals surface area contributed by atoms with Gasteiger partial charge in [-0.15, -0.1) is 0 Å². The van der Waals surface area contributed by atoms with Gasteiger partial charge in [0, 0.05) is 38.4 Å². The average Bonchev–Trinajstić information content (AvgIpc) is 2.94. The molecule has 8 heteroatoms. The minimum absolute atomic E-state index is 0.0355. The van der Waals surface area contributed by atoms with E-state index in [9.17, 15) is 18.0 Å². The van der Waals surface area contributed by atoms with E-state index >= 15 is 0 Å². The zero-order chi connectivity index (χ0) is 17.9. The Kier molecular flexibility index (Phi) is 5.16. The molecule has 2 aromatic rings. The highest BCUT2D eigenvalue weighted by atomic mass is 19.4. The van der Waals surface area contributed by atoms with Gasteiger partial charge in [0.2, 0.25) is 0 Å². The van der Waals surface area contributed by atoms with Gasteiger partial charge in [-0.2, -0.15) is 18.3 Å². The van der Waals surface area contributed by atoms with Crippen molar-refractivity contribution in [1.29, 1.82) is 0 Å². The van der Waals surface area contributed by atoms with Gasteiger partial charge in [0.1, 0.15) is 5.69 Å². The minimum Gasteiger partial charge on any atom is -0.370 e. The number of alkyl halides is 3. The van der Waals surface area contributed by atoms with Crippen LogP contribution in [0.1, 0.15) is 23.1 Å². The SMILES string of the molecule is C[C@H](CNC(=O)c1cc(C(F)(F)F)nn1C)N(C)c1ccccc1. The van der Waals surface area contributed by atoms with Crippen molar-refractivity contribution >= 4 is 11.6 Å². The minimum atomic E-state index is -4.57. The molecule has 130 valence electrons. The number of nitrogens with zero attached hydrogens (tertiary/aromatic N) is 3. The van der Waals surface area contributed by atoms with Gasteiger partial charge >= 0.3 is 6.18 Å². The summed E-state index contributed by atoms with van der Waals surface area (Å²) in [5, 5.41) is 5.98. The zero-order valence-corrected chi connectivity index (χ0v) is 13.6. The van der Waals surface area contributed by atoms with Crippen molar-refractivity contribution in [2.75, 3.05) is 18.5 Å². The van der Waals surface area contributed by atoms with E-state index in [1.807, 2.05) is 49.2 Å². The predicted molar refractivity (Wildman–Crippen MR) is 84.9 cm³/mol. The van der Waals surface area contributed by atoms with Crippen LogP contribution in [-0.4, -0.2) is 35.3 Å². The Balaban J connectivity index is 1.99. The van der Waals surface area contributed by atoms with Crippen molar-refractivity contribution in [3.63, 3.8) is 0 Å². The number of hydrogen-bond donors (Lipinski definition) is 1. The highest BCUT2D eigenvalue weighted by molar-refractivity contribution is 5.92. The van der Waals surface area contributed by atoms with Crippen LogP contribution in [0.3, 0.4) is 0 Å². The second-order valence-electron chi connectivity index (χ2n) is 5.54. The largest absolute Gasteiger partial charge is 0.435 e. The number of nitrogens with one attached hydrogen (secondary N) is 1. The summed E-state index contributed by atoms with van der Waals surface area (Å²) in [6, 6.07) is 10.3. The van der Waals surface area contributed by atoms with E-state index in [0.717, 1.165) is 16.4 Å². The molecule has 1 amide bonds. The second-order valence-corrected chi connectivity index (χ2v) is 5.54. The summed E-state index contributed by atoms with van der Waals surface area (Å²) in [6.07, 6.45) is -4.57. The number of rotatable bonds is 5. The molecule has 0 bridgehead atoms. The fourth-order valence-corrected chi connectivity index (χ4v) is 2.20. The lowest BCUT2D eigenvalue weighted by Crippen LogP contribution is -2.40. The highest BCUT2D eigenvalue weighted by Crippen LogP contribution is 2.28. The first-order valence-corrected chi connectivity index (χ1v) is 7.37. The van der Waals surface area contributed by atoms with Crippen molar-refractivity contribution in [3.8, 4) is 0 Å². The number of carbonyl (C=O) groups is 1. The fourth-order valence-electron chi connectivity index (χ4n) is 2.20. The number of likely N-dealkylation sites (N-methyl/N-ethyl adjacent to an activating group) is 1. The van der Waals surface area contributed by atoms with Gasteiger partial charge in [0.05, 0.1) is 0 Å². The van der Waals surface area contributed by atoms with Gasteiger partial charge in [-0.25, -0.2) is 0 Å². The molecule has 1 heterocycles. The monoisotopic (exact) mass is 340 g/mol. The predicted octanol–water partition coefficient (Wildman–Crippen LogP) is 2.69. The molecule has 24 heavy (non-hydrogen) atoms. The highest BCUT2D eigenvalue weighted by Gasteiger charge is 2.35. The van der Waals surface area contributed by atoms with Crippen molar-refractivity contribution in [2.45, 2.75) is 19.1 Å². The van der Waals surface area contributed by atoms with Crippen LogP contribution in [0.15, 0.2) is 36.4 Å². The van der Waals surface area contributed by atoms with Gasteiger partial charge in [-0.05, 0) is 19.1 Å². The van der Waals surface area contributed by atoms with Crippen LogP contribution in [0, 0.1) is 0 Å². The number of aromatic nitrogens is 2. The molecular weight excluding hydrogens is 321 g/mol. The van der Waals surface area contributed by atoms with Crippen LogP contribution >= 0.6 is 0 Å². The van der Waals surface area contributed by atoms with Gasteiger partial charge < -0.3 is 10.2 Å². The van der Waals surface area contributed by atoms with Crippen molar-refractivity contribution < 1.29 is 18.0 Å². The third-order valence-corrected chi connectivity index (χ3v) is 3.79. The van der Waals surface area contributed by atoms with Gasteiger partial charge in [0.15, 0.2) is 5.69 Å². The van der Waals surface area contributed by atoms with Crippen LogP contribution in [-0.2, 0) is 13.2 Å². The van der Waals surface area contributed by atoms with Crippen LogP contribution in [0.5, 0.6) is 0 Å². The Morgan fingerprint density at radius 1 is 1.33 bits per heavy atom. The molecule has 0 unspecified atom stereocenters. The smallest absolute Gasteiger partial charge is 0.370 e. The Hall–Kier alpha value is -2.51. The topological polar surface area (TPSA) is 50.2 Å². The molecule has 0 aliphatic carbocycles. The molecular formula is C16H19F3N4O. The van der Waals surface area contributed by atoms with Crippen molar-refractivity contribution in [2.24, 2.45) is 7.05 Å². The molecule has 1 aromatic carbocycles. The van der Waals surface area contributed by atoms with E-state index < -0.39 is 17.8 Å². The lowest BCUT2D eigenvalue weighted by molar-refractivity contribution is -0.141. The van der Waals surface area contributed by atoms with Crippen LogP contribution in [0.4, 0.5) is 18.9 Å². The lowest BCUT2D eigenvalue weighted by atomic mass is 10.2. The molecule has 2 rings (SSSR count). The Bertz CT molecular complexity index is 697. The first kappa shape index (κ1) is 17.8. The molecule has 0 spiro atoms. The van der Waals surface area contributed by atoms with E-state index in [1.165, 1.54) is 7.05 Å². The molecule has 1 atom stereocenters. The van der Waals surface area contributed by atoms with Gasteiger partial charge in [-0.3, -0.25) is 9.48 Å². The Morgan fingerprint density at radius 3 is 2.50 bits per heavy atom. The van der Waals surface area contributed by atoms with Crippen LogP contribution in [0.2, 0.25) is 0 Å². The van der Waals surface area contributed by atoms with Crippen LogP contribution in [0.25, 0.3) is 0 Å². The first-order valence-electron chi connectivity index (χ1n) is 7.37. The summed E-state index contributed by atoms with van der Waals surface area (Å²) in [5.74, 6) is -0.589. The van der Waals surface area contributed by atoms with E-state index in [1.54, 1.807) is 0 Å². The third-order valence-electron chi connectivity index (χ3n) is 3.79. The van der Waals surface area contributed by atoms with Crippen LogP contribution < -0.4 is 10.2 Å². The molecule has 0 saturated carbocycles. The second kappa shape index (κ2) is 6.94. The maximum atomic E-state index is 12.6. The quantitative estimate of drug-likeness (QED) is 0.910. The molecule has 0 saturated heterocycles. The summed E-state index contributed by atoms with van der Waals surface area (Å²) < 4.78 is 38.8. The summed E-state index contributed by atoms with van der Waals surface area (Å²) in [7, 11) is 3.20. The van der Waals surface area contributed by atoms with E-state index in [2.05, 4.69) is 10.4 Å². The summed E-state index contributed by atoms with van der Waals surface area (Å²) in [4.78, 5) is 14.1. The first-order chi connectivity index (χ1) is 11.2. The number of amides is 1. The summed E-state index contributed by atoms with van der Waals surface area (Å²) in [5.41, 5.74) is -0.222. The van der Waals surface area contributed by atoms with Gasteiger partial charge in [0.25, 0.3) is 5.91 Å². The number of halogens is 3. The normalized spacial score (nSPS) is 12.8. The number of anilines is 1. The summed E-state index contributed by atoms with van der Waals surface area (Å²) >= 11 is 0. The molecule has 1 N–H and O–H groups in total. The molecule has 5 nitrogen and oxygen atoms in total. The molecule has 0 aliphatic rings.